The predicted molar refractivity (Wildman–Crippen MR) is 47.7 cm³/mol. The van der Waals surface area contributed by atoms with Gasteiger partial charge in [-0.2, -0.15) is 0 Å². The Morgan fingerprint density at radius 3 is 2.44 bits per heavy atom. The summed E-state index contributed by atoms with van der Waals surface area (Å²) in [7, 11) is 1.05. The monoisotopic (exact) mass is 153 g/mol. The lowest BCUT2D eigenvalue weighted by atomic mass is 10.4. The fourth-order valence-electron chi connectivity index (χ4n) is 0.800. The summed E-state index contributed by atoms with van der Waals surface area (Å²) in [5.74, 6) is 0. The van der Waals surface area contributed by atoms with E-state index in [0.717, 1.165) is 10.4 Å². The minimum Gasteiger partial charge on any atom is -0.368 e. The quantitative estimate of drug-likeness (QED) is 0.498. The van der Waals surface area contributed by atoms with Crippen molar-refractivity contribution in [3.63, 3.8) is 0 Å². The van der Waals surface area contributed by atoms with E-state index in [1.54, 1.807) is 0 Å². The molecule has 1 N–H and O–H groups in total. The zero-order valence-electron chi connectivity index (χ0n) is 5.59. The van der Waals surface area contributed by atoms with Gasteiger partial charge in [-0.05, 0) is 0 Å². The second kappa shape index (κ2) is 3.60. The first-order chi connectivity index (χ1) is 4.43. The molecule has 1 nitrogen and oxygen atoms in total. The largest absolute Gasteiger partial charge is 0.368 e. The maximum absolute atomic E-state index is 3.36. The topological polar surface area (TPSA) is 12.0 Å². The number of hydrogen-bond acceptors (Lipinski definition) is 1. The van der Waals surface area contributed by atoms with Crippen LogP contribution in [0.3, 0.4) is 0 Å². The number of benzene rings is 1. The van der Waals surface area contributed by atoms with Crippen molar-refractivity contribution >= 4 is 25.3 Å². The van der Waals surface area contributed by atoms with Gasteiger partial charge in [-0.25, -0.2) is 0 Å². The van der Waals surface area contributed by atoms with Crippen LogP contribution in [0.4, 0.5) is 0 Å². The minimum absolute atomic E-state index is 0.0893. The summed E-state index contributed by atoms with van der Waals surface area (Å²) in [6, 6.07) is 10.6. The van der Waals surface area contributed by atoms with Crippen molar-refractivity contribution in [2.75, 3.05) is 0 Å². The van der Waals surface area contributed by atoms with E-state index >= 15 is 0 Å². The fourth-order valence-corrected chi connectivity index (χ4v) is 2.94. The normalized spacial score (nSPS) is 11.1. The Hall–Kier alpha value is -0.386. The maximum atomic E-state index is 3.36. The zero-order valence-corrected chi connectivity index (χ0v) is 9.01. The second-order valence-corrected chi connectivity index (χ2v) is 6.01. The standard InChI is InChI=1S/C6H11NSi2/c8-7-9-6-4-2-1-3-5-6/h1-5,7H,9H2,8H3. The molecule has 0 bridgehead atoms. The van der Waals surface area contributed by atoms with Crippen LogP contribution in [-0.2, 0) is 0 Å². The van der Waals surface area contributed by atoms with Crippen LogP contribution in [0.25, 0.3) is 0 Å². The minimum atomic E-state index is -0.0893. The van der Waals surface area contributed by atoms with E-state index in [1.807, 2.05) is 0 Å². The van der Waals surface area contributed by atoms with E-state index in [1.165, 1.54) is 5.19 Å². The molecule has 0 fully saturated rings. The van der Waals surface area contributed by atoms with Crippen LogP contribution in [0, 0.1) is 0 Å². The Bertz CT molecular complexity index is 164. The van der Waals surface area contributed by atoms with Gasteiger partial charge >= 0.3 is 0 Å². The smallest absolute Gasteiger partial charge is 0.117 e. The molecule has 48 valence electrons. The molecular weight excluding hydrogens is 142 g/mol. The van der Waals surface area contributed by atoms with E-state index in [9.17, 15) is 0 Å². The summed E-state index contributed by atoms with van der Waals surface area (Å²) in [5.41, 5.74) is 0. The summed E-state index contributed by atoms with van der Waals surface area (Å²) in [6.45, 7) is 0. The second-order valence-electron chi connectivity index (χ2n) is 2.02. The van der Waals surface area contributed by atoms with E-state index < -0.39 is 0 Å². The average Bonchev–Trinajstić information content (AvgIpc) is 1.91. The van der Waals surface area contributed by atoms with Crippen LogP contribution >= 0.6 is 0 Å². The lowest BCUT2D eigenvalue weighted by Crippen LogP contribution is -2.27. The molecule has 9 heavy (non-hydrogen) atoms. The number of rotatable bonds is 2. The predicted octanol–water partition coefficient (Wildman–Crippen LogP) is -1.73. The fraction of sp³-hybridized carbons (Fsp3) is 0. The highest BCUT2D eigenvalue weighted by atomic mass is 28.3. The Labute approximate surface area is 60.9 Å². The zero-order chi connectivity index (χ0) is 6.53. The first kappa shape index (κ1) is 6.73. The van der Waals surface area contributed by atoms with Gasteiger partial charge in [-0.15, -0.1) is 0 Å². The lowest BCUT2D eigenvalue weighted by molar-refractivity contribution is 1.62. The molecule has 0 aliphatic heterocycles. The Kier molecular flexibility index (Phi) is 2.69. The molecule has 0 radical (unpaired) electrons. The molecule has 0 saturated carbocycles. The lowest BCUT2D eigenvalue weighted by Gasteiger charge is -1.94. The van der Waals surface area contributed by atoms with Crippen molar-refractivity contribution in [1.82, 2.24) is 4.65 Å². The van der Waals surface area contributed by atoms with Crippen LogP contribution < -0.4 is 9.83 Å². The van der Waals surface area contributed by atoms with Crippen LogP contribution in [0.5, 0.6) is 0 Å². The van der Waals surface area contributed by atoms with E-state index in [4.69, 9.17) is 0 Å². The molecule has 1 aromatic rings. The van der Waals surface area contributed by atoms with Crippen molar-refractivity contribution in [2.45, 2.75) is 0 Å². The van der Waals surface area contributed by atoms with Gasteiger partial charge < -0.3 is 4.65 Å². The molecule has 0 aromatic heterocycles. The molecule has 0 atom stereocenters. The number of hydrogen-bond donors (Lipinski definition) is 1. The molecule has 0 amide bonds. The third-order valence-corrected chi connectivity index (χ3v) is 3.52. The Balaban J connectivity index is 2.61. The van der Waals surface area contributed by atoms with Gasteiger partial charge in [-0.3, -0.25) is 0 Å². The highest BCUT2D eigenvalue weighted by molar-refractivity contribution is 6.56. The third-order valence-electron chi connectivity index (χ3n) is 1.22. The molecule has 0 spiro atoms. The van der Waals surface area contributed by atoms with Gasteiger partial charge in [0.05, 0.1) is 10.4 Å². The Morgan fingerprint density at radius 1 is 1.22 bits per heavy atom. The third kappa shape index (κ3) is 2.13. The number of nitrogens with one attached hydrogen (secondary N) is 1. The molecule has 1 aromatic carbocycles. The first-order valence-electron chi connectivity index (χ1n) is 3.12. The van der Waals surface area contributed by atoms with Gasteiger partial charge in [0.25, 0.3) is 0 Å². The van der Waals surface area contributed by atoms with Crippen LogP contribution in [0.1, 0.15) is 0 Å². The van der Waals surface area contributed by atoms with E-state index in [2.05, 4.69) is 35.0 Å². The van der Waals surface area contributed by atoms with E-state index in [0.29, 0.717) is 0 Å². The van der Waals surface area contributed by atoms with Crippen molar-refractivity contribution in [1.29, 1.82) is 0 Å². The van der Waals surface area contributed by atoms with Gasteiger partial charge in [0.2, 0.25) is 0 Å². The van der Waals surface area contributed by atoms with Crippen LogP contribution in [0.2, 0.25) is 0 Å². The van der Waals surface area contributed by atoms with Gasteiger partial charge in [0, 0.05) is 0 Å². The van der Waals surface area contributed by atoms with Crippen LogP contribution in [0.15, 0.2) is 30.3 Å². The maximum Gasteiger partial charge on any atom is 0.117 e. The van der Waals surface area contributed by atoms with Crippen molar-refractivity contribution in [2.24, 2.45) is 0 Å². The van der Waals surface area contributed by atoms with Crippen molar-refractivity contribution in [3.05, 3.63) is 30.3 Å². The molecule has 0 aliphatic carbocycles. The molecule has 0 heterocycles. The van der Waals surface area contributed by atoms with Gasteiger partial charge in [0.1, 0.15) is 9.68 Å². The molecular formula is C6H11NSi2. The summed E-state index contributed by atoms with van der Waals surface area (Å²) in [4.78, 5) is 0. The summed E-state index contributed by atoms with van der Waals surface area (Å²) >= 11 is 0. The van der Waals surface area contributed by atoms with Crippen LogP contribution in [-0.4, -0.2) is 20.1 Å². The average molecular weight is 153 g/mol. The van der Waals surface area contributed by atoms with Crippen molar-refractivity contribution in [3.8, 4) is 0 Å². The van der Waals surface area contributed by atoms with Crippen molar-refractivity contribution < 1.29 is 0 Å². The summed E-state index contributed by atoms with van der Waals surface area (Å²) in [5, 5.41) is 1.51. The highest BCUT2D eigenvalue weighted by Crippen LogP contribution is 1.78. The molecule has 0 unspecified atom stereocenters. The van der Waals surface area contributed by atoms with Gasteiger partial charge in [-0.1, -0.05) is 35.5 Å². The summed E-state index contributed by atoms with van der Waals surface area (Å²) < 4.78 is 3.36. The highest BCUT2D eigenvalue weighted by Gasteiger charge is 1.84. The molecule has 1 rings (SSSR count). The molecule has 3 heteroatoms. The molecule has 0 saturated heterocycles. The van der Waals surface area contributed by atoms with Gasteiger partial charge in [0.15, 0.2) is 0 Å². The Morgan fingerprint density at radius 2 is 1.89 bits per heavy atom. The van der Waals surface area contributed by atoms with E-state index in [-0.39, 0.29) is 9.68 Å². The SMILES string of the molecule is [SiH3]N[SiH2]c1ccccc1. The first-order valence-corrected chi connectivity index (χ1v) is 5.53. The summed E-state index contributed by atoms with van der Waals surface area (Å²) in [6.07, 6.45) is 0. The molecule has 0 aliphatic rings.